The van der Waals surface area contributed by atoms with Crippen molar-refractivity contribution in [2.24, 2.45) is 0 Å². The number of aromatic nitrogens is 3. The van der Waals surface area contributed by atoms with Crippen LogP contribution in [0.3, 0.4) is 0 Å². The number of hydrogen-bond donors (Lipinski definition) is 0. The van der Waals surface area contributed by atoms with Gasteiger partial charge in [0, 0.05) is 32.7 Å². The average Bonchev–Trinajstić information content (AvgIpc) is 2.65. The summed E-state index contributed by atoms with van der Waals surface area (Å²) in [6, 6.07) is 0.152. The molecule has 1 heterocycles. The van der Waals surface area contributed by atoms with Crippen LogP contribution in [-0.2, 0) is 0 Å². The molecule has 3 aliphatic carbocycles. The summed E-state index contributed by atoms with van der Waals surface area (Å²) in [5, 5.41) is 0. The van der Waals surface area contributed by atoms with Gasteiger partial charge in [-0.05, 0) is 66.0 Å². The fourth-order valence-electron chi connectivity index (χ4n) is 3.06. The van der Waals surface area contributed by atoms with Crippen molar-refractivity contribution in [1.29, 1.82) is 0 Å². The van der Waals surface area contributed by atoms with Crippen molar-refractivity contribution in [3.8, 4) is 18.0 Å². The van der Waals surface area contributed by atoms with Crippen LogP contribution in [0.4, 0.5) is 0 Å². The van der Waals surface area contributed by atoms with Gasteiger partial charge in [-0.15, -0.1) is 15.0 Å². The maximum Gasteiger partial charge on any atom is 0.327 e. The molecule has 0 spiro atoms. The highest BCUT2D eigenvalue weighted by Gasteiger charge is 2.35. The molecule has 1 aromatic heterocycles. The standard InChI is InChI=1S/C21H15Br6N3O3/c22-13-4-1-7-19(25,10-13)31-16-28-17(32-20(26)8-2-5-14(23)11-20)30-18(29-16)33-21(27)9-3-6-15(24)12-21/h1-9H,10-12H2. The Kier molecular flexibility index (Phi) is 8.12. The van der Waals surface area contributed by atoms with Crippen LogP contribution in [-0.4, -0.2) is 28.5 Å². The first-order valence-corrected chi connectivity index (χ1v) is 14.3. The van der Waals surface area contributed by atoms with Gasteiger partial charge in [-0.1, -0.05) is 84.2 Å². The van der Waals surface area contributed by atoms with E-state index in [1.54, 1.807) is 0 Å². The van der Waals surface area contributed by atoms with Gasteiger partial charge in [-0.25, -0.2) is 0 Å². The average molecular weight is 837 g/mol. The predicted octanol–water partition coefficient (Wildman–Crippen LogP) is 8.00. The van der Waals surface area contributed by atoms with Crippen molar-refractivity contribution in [1.82, 2.24) is 15.0 Å². The number of nitrogens with zero attached hydrogens (tertiary/aromatic N) is 3. The van der Waals surface area contributed by atoms with Crippen molar-refractivity contribution in [3.63, 3.8) is 0 Å². The summed E-state index contributed by atoms with van der Waals surface area (Å²) in [5.74, 6) is 0. The summed E-state index contributed by atoms with van der Waals surface area (Å²) in [5.41, 5.74) is 0. The number of halogens is 6. The van der Waals surface area contributed by atoms with Gasteiger partial charge in [0.1, 0.15) is 0 Å². The van der Waals surface area contributed by atoms with Crippen LogP contribution in [0.25, 0.3) is 0 Å². The Morgan fingerprint density at radius 2 is 0.818 bits per heavy atom. The van der Waals surface area contributed by atoms with E-state index in [-0.39, 0.29) is 18.0 Å². The van der Waals surface area contributed by atoms with Crippen LogP contribution in [0.2, 0.25) is 0 Å². The van der Waals surface area contributed by atoms with E-state index in [1.807, 2.05) is 54.7 Å². The van der Waals surface area contributed by atoms with E-state index < -0.39 is 13.5 Å². The third-order valence-electron chi connectivity index (χ3n) is 4.45. The minimum Gasteiger partial charge on any atom is -0.441 e. The van der Waals surface area contributed by atoms with Crippen molar-refractivity contribution in [3.05, 3.63) is 68.1 Å². The zero-order chi connectivity index (χ0) is 23.7. The van der Waals surface area contributed by atoms with E-state index in [0.717, 1.165) is 13.4 Å². The molecule has 0 bridgehead atoms. The molecule has 3 unspecified atom stereocenters. The zero-order valence-electron chi connectivity index (χ0n) is 16.7. The van der Waals surface area contributed by atoms with Gasteiger partial charge in [0.05, 0.1) is 0 Å². The maximum atomic E-state index is 6.11. The largest absolute Gasteiger partial charge is 0.441 e. The van der Waals surface area contributed by atoms with Crippen LogP contribution in [0, 0.1) is 0 Å². The number of ether oxygens (including phenoxy) is 3. The first-order valence-electron chi connectivity index (χ1n) is 9.55. The molecule has 0 saturated carbocycles. The van der Waals surface area contributed by atoms with Gasteiger partial charge in [0.2, 0.25) is 0 Å². The Morgan fingerprint density at radius 3 is 1.06 bits per heavy atom. The highest BCUT2D eigenvalue weighted by Crippen LogP contribution is 2.40. The summed E-state index contributed by atoms with van der Waals surface area (Å²) < 4.78 is 18.7. The minimum absolute atomic E-state index is 0.0507. The van der Waals surface area contributed by atoms with Crippen LogP contribution in [0.5, 0.6) is 18.0 Å². The minimum atomic E-state index is -0.832. The Hall–Kier alpha value is -0.270. The van der Waals surface area contributed by atoms with Crippen molar-refractivity contribution in [2.45, 2.75) is 32.8 Å². The molecule has 174 valence electrons. The molecular weight excluding hydrogens is 822 g/mol. The Bertz CT molecular complexity index is 984. The van der Waals surface area contributed by atoms with E-state index in [0.29, 0.717) is 19.3 Å². The molecule has 0 aliphatic heterocycles. The van der Waals surface area contributed by atoms with Gasteiger partial charge >= 0.3 is 18.0 Å². The smallest absolute Gasteiger partial charge is 0.327 e. The number of allylic oxidation sites excluding steroid dienone is 6. The molecule has 0 aromatic carbocycles. The molecule has 1 aromatic rings. The molecule has 33 heavy (non-hydrogen) atoms. The second-order valence-electron chi connectivity index (χ2n) is 7.30. The van der Waals surface area contributed by atoms with E-state index >= 15 is 0 Å². The molecule has 0 fully saturated rings. The summed E-state index contributed by atoms with van der Waals surface area (Å²) in [6.07, 6.45) is 18.8. The summed E-state index contributed by atoms with van der Waals surface area (Å²) in [7, 11) is 0. The van der Waals surface area contributed by atoms with E-state index in [2.05, 4.69) is 111 Å². The van der Waals surface area contributed by atoms with Gasteiger partial charge in [0.15, 0.2) is 13.5 Å². The van der Waals surface area contributed by atoms with Crippen LogP contribution in [0.1, 0.15) is 19.3 Å². The molecule has 6 nitrogen and oxygen atoms in total. The first kappa shape index (κ1) is 25.8. The van der Waals surface area contributed by atoms with E-state index in [9.17, 15) is 0 Å². The third kappa shape index (κ3) is 7.13. The number of rotatable bonds is 6. The summed E-state index contributed by atoms with van der Waals surface area (Å²) in [6.45, 7) is 0. The highest BCUT2D eigenvalue weighted by atomic mass is 79.9. The predicted molar refractivity (Wildman–Crippen MR) is 149 cm³/mol. The number of hydrogen-bond acceptors (Lipinski definition) is 6. The maximum absolute atomic E-state index is 6.11. The summed E-state index contributed by atoms with van der Waals surface area (Å²) in [4.78, 5) is 13.2. The Balaban J connectivity index is 1.64. The SMILES string of the molecule is BrC1=CC=CC(Br)(Oc2nc(OC3(Br)C=CC=C(Br)C3)nc(OC3(Br)C=CC=C(Br)C3)n2)C1. The molecule has 0 amide bonds. The zero-order valence-corrected chi connectivity index (χ0v) is 26.2. The second-order valence-corrected chi connectivity index (χ2v) is 14.4. The normalized spacial score (nSPS) is 30.9. The molecule has 4 rings (SSSR count). The fourth-order valence-corrected chi connectivity index (χ4v) is 7.69. The van der Waals surface area contributed by atoms with Crippen LogP contribution in [0.15, 0.2) is 68.1 Å². The quantitative estimate of drug-likeness (QED) is 0.271. The van der Waals surface area contributed by atoms with Crippen LogP contribution < -0.4 is 14.2 Å². The Labute approximate surface area is 241 Å². The third-order valence-corrected chi connectivity index (χ3v) is 8.21. The first-order chi connectivity index (χ1) is 15.5. The van der Waals surface area contributed by atoms with Crippen LogP contribution >= 0.6 is 95.6 Å². The Morgan fingerprint density at radius 1 is 0.545 bits per heavy atom. The monoisotopic (exact) mass is 831 g/mol. The second kappa shape index (κ2) is 10.4. The lowest BCUT2D eigenvalue weighted by Gasteiger charge is -2.29. The number of alkyl halides is 3. The molecule has 3 aliphatic rings. The molecule has 0 radical (unpaired) electrons. The molecule has 12 heteroatoms. The lowest BCUT2D eigenvalue weighted by molar-refractivity contribution is 0.159. The fraction of sp³-hybridized carbons (Fsp3) is 0.286. The molecule has 3 atom stereocenters. The van der Waals surface area contributed by atoms with Crippen molar-refractivity contribution < 1.29 is 14.2 Å². The van der Waals surface area contributed by atoms with Gasteiger partial charge in [0.25, 0.3) is 0 Å². The van der Waals surface area contributed by atoms with E-state index in [4.69, 9.17) is 14.2 Å². The topological polar surface area (TPSA) is 66.4 Å². The molecule has 0 N–H and O–H groups in total. The molecular formula is C21H15Br6N3O3. The van der Waals surface area contributed by atoms with Crippen molar-refractivity contribution in [2.75, 3.05) is 0 Å². The van der Waals surface area contributed by atoms with Gasteiger partial charge in [-0.3, -0.25) is 0 Å². The van der Waals surface area contributed by atoms with Crippen molar-refractivity contribution >= 4 is 95.6 Å². The lowest BCUT2D eigenvalue weighted by atomic mass is 10.1. The van der Waals surface area contributed by atoms with Gasteiger partial charge < -0.3 is 14.2 Å². The van der Waals surface area contributed by atoms with Gasteiger partial charge in [-0.2, -0.15) is 0 Å². The molecule has 0 saturated heterocycles. The summed E-state index contributed by atoms with van der Waals surface area (Å²) >= 11 is 21.4. The lowest BCUT2D eigenvalue weighted by Crippen LogP contribution is -2.31. The highest BCUT2D eigenvalue weighted by molar-refractivity contribution is 9.12. The van der Waals surface area contributed by atoms with E-state index in [1.165, 1.54) is 0 Å².